The molecule has 24 heavy (non-hydrogen) atoms. The summed E-state index contributed by atoms with van der Waals surface area (Å²) in [7, 11) is 0. The summed E-state index contributed by atoms with van der Waals surface area (Å²) in [5, 5.41) is -0.296. The van der Waals surface area contributed by atoms with Crippen molar-refractivity contribution in [2.45, 2.75) is 25.7 Å². The Balaban J connectivity index is 1.56. The molecule has 0 nitrogen and oxygen atoms in total. The van der Waals surface area contributed by atoms with Gasteiger partial charge >= 0.3 is 0 Å². The first kappa shape index (κ1) is 15.5. The molecule has 0 unspecified atom stereocenters. The Labute approximate surface area is 144 Å². The van der Waals surface area contributed by atoms with Crippen molar-refractivity contribution >= 4 is 11.3 Å². The number of hydrogen-bond acceptors (Lipinski definition) is 1. The second-order valence-electron chi connectivity index (χ2n) is 6.50. The van der Waals surface area contributed by atoms with Gasteiger partial charge in [0.2, 0.25) is 0 Å². The number of benzene rings is 2. The highest BCUT2D eigenvalue weighted by Crippen LogP contribution is 2.33. The van der Waals surface area contributed by atoms with Crippen molar-refractivity contribution in [3.05, 3.63) is 71.1 Å². The topological polar surface area (TPSA) is 0 Å². The third-order valence-corrected chi connectivity index (χ3v) is 5.75. The summed E-state index contributed by atoms with van der Waals surface area (Å²) in [6.07, 6.45) is 5.20. The SMILES string of the molecule is Fc1ccc(-c2ccc(-c3ccc(CC4CCC4)cc3)cc2F)s1. The Morgan fingerprint density at radius 2 is 1.62 bits per heavy atom. The molecular weight excluding hydrogens is 322 g/mol. The van der Waals surface area contributed by atoms with Crippen LogP contribution >= 0.6 is 11.3 Å². The van der Waals surface area contributed by atoms with E-state index < -0.39 is 0 Å². The number of rotatable bonds is 4. The van der Waals surface area contributed by atoms with Crippen LogP contribution in [0, 0.1) is 16.9 Å². The molecule has 1 fully saturated rings. The lowest BCUT2D eigenvalue weighted by Crippen LogP contribution is -2.13. The molecule has 0 atom stereocenters. The summed E-state index contributed by atoms with van der Waals surface area (Å²) >= 11 is 0.965. The second-order valence-corrected chi connectivity index (χ2v) is 7.53. The zero-order chi connectivity index (χ0) is 16.5. The molecule has 0 bridgehead atoms. The predicted octanol–water partition coefficient (Wildman–Crippen LogP) is 6.70. The number of hydrogen-bond donors (Lipinski definition) is 0. The zero-order valence-corrected chi connectivity index (χ0v) is 14.1. The van der Waals surface area contributed by atoms with Gasteiger partial charge in [-0.15, -0.1) is 11.3 Å². The lowest BCUT2D eigenvalue weighted by Gasteiger charge is -2.25. The quantitative estimate of drug-likeness (QED) is 0.495. The molecule has 0 N–H and O–H groups in total. The molecule has 4 rings (SSSR count). The van der Waals surface area contributed by atoms with Gasteiger partial charge in [-0.05, 0) is 53.3 Å². The Morgan fingerprint density at radius 1 is 0.875 bits per heavy atom. The zero-order valence-electron chi connectivity index (χ0n) is 13.3. The minimum Gasteiger partial charge on any atom is -0.206 e. The van der Waals surface area contributed by atoms with E-state index in [9.17, 15) is 8.78 Å². The molecule has 0 aliphatic heterocycles. The summed E-state index contributed by atoms with van der Waals surface area (Å²) in [5.41, 5.74) is 3.67. The van der Waals surface area contributed by atoms with Crippen molar-refractivity contribution in [2.75, 3.05) is 0 Å². The molecule has 0 amide bonds. The number of thiophene rings is 1. The Kier molecular flexibility index (Phi) is 4.19. The van der Waals surface area contributed by atoms with Crippen LogP contribution in [-0.2, 0) is 6.42 Å². The molecule has 1 aliphatic rings. The Bertz CT molecular complexity index is 845. The fraction of sp³-hybridized carbons (Fsp3) is 0.238. The van der Waals surface area contributed by atoms with Gasteiger partial charge in [-0.2, -0.15) is 4.39 Å². The first-order valence-corrected chi connectivity index (χ1v) is 9.15. The van der Waals surface area contributed by atoms with Gasteiger partial charge in [0.25, 0.3) is 0 Å². The van der Waals surface area contributed by atoms with Crippen LogP contribution in [0.15, 0.2) is 54.6 Å². The van der Waals surface area contributed by atoms with Gasteiger partial charge < -0.3 is 0 Å². The third-order valence-electron chi connectivity index (χ3n) is 4.84. The van der Waals surface area contributed by atoms with Crippen LogP contribution in [0.3, 0.4) is 0 Å². The van der Waals surface area contributed by atoms with Crippen LogP contribution in [0.5, 0.6) is 0 Å². The van der Waals surface area contributed by atoms with E-state index in [1.807, 2.05) is 6.07 Å². The second kappa shape index (κ2) is 6.48. The lowest BCUT2D eigenvalue weighted by atomic mass is 9.81. The molecule has 1 heterocycles. The van der Waals surface area contributed by atoms with Gasteiger partial charge in [0.1, 0.15) is 5.82 Å². The summed E-state index contributed by atoms with van der Waals surface area (Å²) in [6, 6.07) is 16.6. The highest BCUT2D eigenvalue weighted by Gasteiger charge is 2.17. The minimum atomic E-state index is -0.312. The van der Waals surface area contributed by atoms with Crippen LogP contribution in [0.25, 0.3) is 21.6 Å². The molecule has 0 spiro atoms. The molecule has 1 aromatic heterocycles. The van der Waals surface area contributed by atoms with Gasteiger partial charge in [-0.25, -0.2) is 4.39 Å². The van der Waals surface area contributed by atoms with E-state index in [0.29, 0.717) is 10.4 Å². The predicted molar refractivity (Wildman–Crippen MR) is 96.2 cm³/mol. The summed E-state index contributed by atoms with van der Waals surface area (Å²) < 4.78 is 27.6. The van der Waals surface area contributed by atoms with E-state index in [1.54, 1.807) is 12.1 Å². The maximum absolute atomic E-state index is 14.4. The summed E-state index contributed by atoms with van der Waals surface area (Å²) in [5.74, 6) is 0.534. The van der Waals surface area contributed by atoms with Crippen LogP contribution in [0.2, 0.25) is 0 Å². The maximum Gasteiger partial charge on any atom is 0.176 e. The normalized spacial score (nSPS) is 14.6. The molecule has 0 saturated heterocycles. The van der Waals surface area contributed by atoms with Gasteiger partial charge in [-0.3, -0.25) is 0 Å². The van der Waals surface area contributed by atoms with Crippen molar-refractivity contribution in [3.8, 4) is 21.6 Å². The highest BCUT2D eigenvalue weighted by molar-refractivity contribution is 7.13. The average molecular weight is 340 g/mol. The van der Waals surface area contributed by atoms with Crippen molar-refractivity contribution in [1.29, 1.82) is 0 Å². The smallest absolute Gasteiger partial charge is 0.176 e. The first-order chi connectivity index (χ1) is 11.7. The molecule has 3 heteroatoms. The van der Waals surface area contributed by atoms with Gasteiger partial charge in [0.05, 0.1) is 0 Å². The van der Waals surface area contributed by atoms with Crippen LogP contribution in [0.4, 0.5) is 8.78 Å². The summed E-state index contributed by atoms with van der Waals surface area (Å²) in [6.45, 7) is 0. The van der Waals surface area contributed by atoms with Crippen LogP contribution < -0.4 is 0 Å². The lowest BCUT2D eigenvalue weighted by molar-refractivity contribution is 0.314. The largest absolute Gasteiger partial charge is 0.206 e. The van der Waals surface area contributed by atoms with Gasteiger partial charge in [-0.1, -0.05) is 49.6 Å². The van der Waals surface area contributed by atoms with E-state index in [2.05, 4.69) is 24.3 Å². The van der Waals surface area contributed by atoms with Crippen molar-refractivity contribution in [2.24, 2.45) is 5.92 Å². The summed E-state index contributed by atoms with van der Waals surface area (Å²) in [4.78, 5) is 0.618. The molecule has 1 saturated carbocycles. The highest BCUT2D eigenvalue weighted by atomic mass is 32.1. The van der Waals surface area contributed by atoms with Crippen LogP contribution in [-0.4, -0.2) is 0 Å². The molecule has 0 radical (unpaired) electrons. The van der Waals surface area contributed by atoms with Crippen molar-refractivity contribution in [3.63, 3.8) is 0 Å². The molecular formula is C21H18F2S. The standard InChI is InChI=1S/C21H18F2S/c22-19-13-17(8-9-18(19)20-10-11-21(23)24-20)16-6-4-15(5-7-16)12-14-2-1-3-14/h4-11,13-14H,1-3,12H2. The molecule has 2 aromatic carbocycles. The van der Waals surface area contributed by atoms with E-state index in [0.717, 1.165) is 34.8 Å². The number of halogens is 2. The van der Waals surface area contributed by atoms with E-state index in [4.69, 9.17) is 0 Å². The molecule has 122 valence electrons. The molecule has 1 aliphatic carbocycles. The molecule has 3 aromatic rings. The average Bonchev–Trinajstić information content (AvgIpc) is 2.98. The third kappa shape index (κ3) is 3.13. The van der Waals surface area contributed by atoms with E-state index in [-0.39, 0.29) is 10.9 Å². The first-order valence-electron chi connectivity index (χ1n) is 8.33. The Morgan fingerprint density at radius 3 is 2.21 bits per heavy atom. The van der Waals surface area contributed by atoms with Gasteiger partial charge in [0, 0.05) is 10.4 Å². The van der Waals surface area contributed by atoms with Gasteiger partial charge in [0.15, 0.2) is 5.13 Å². The fourth-order valence-corrected chi connectivity index (χ4v) is 3.97. The van der Waals surface area contributed by atoms with E-state index >= 15 is 0 Å². The van der Waals surface area contributed by atoms with Crippen LogP contribution in [0.1, 0.15) is 24.8 Å². The van der Waals surface area contributed by atoms with Crippen molar-refractivity contribution in [1.82, 2.24) is 0 Å². The fourth-order valence-electron chi connectivity index (χ4n) is 3.22. The van der Waals surface area contributed by atoms with E-state index in [1.165, 1.54) is 37.0 Å². The minimum absolute atomic E-state index is 0.296. The van der Waals surface area contributed by atoms with Crippen molar-refractivity contribution < 1.29 is 8.78 Å². The Hall–Kier alpha value is -2.00. The maximum atomic E-state index is 14.4. The monoisotopic (exact) mass is 340 g/mol.